The molecule has 33 heavy (non-hydrogen) atoms. The third-order valence-electron chi connectivity index (χ3n) is 4.07. The van der Waals surface area contributed by atoms with Gasteiger partial charge >= 0.3 is 12.2 Å². The lowest BCUT2D eigenvalue weighted by Crippen LogP contribution is -2.05. The Morgan fingerprint density at radius 2 is 1.73 bits per heavy atom. The Bertz CT molecular complexity index is 1180. The first-order valence-corrected chi connectivity index (χ1v) is 9.93. The van der Waals surface area contributed by atoms with Gasteiger partial charge in [-0.15, -0.1) is 5.10 Å². The number of methoxy groups -OCH3 is 1. The molecule has 0 aliphatic heterocycles. The number of benzene rings is 2. The number of hydrogen-bond donors (Lipinski definition) is 2. The number of rotatable bonds is 6. The number of hydrogen-bond acceptors (Lipinski definition) is 7. The molecular formula is C22H21F3N6O2. The fraction of sp³-hybridized carbons (Fsp3) is 0.182. The SMILES string of the molecule is CC.COc1nccc(Oc2ccc(-c3nc(Nc4cccc(C(F)(F)F)c4)n[nH]3)cc2)n1. The van der Waals surface area contributed by atoms with Crippen molar-refractivity contribution >= 4 is 11.6 Å². The van der Waals surface area contributed by atoms with Crippen molar-refractivity contribution in [1.82, 2.24) is 25.1 Å². The van der Waals surface area contributed by atoms with E-state index in [0.29, 0.717) is 23.0 Å². The summed E-state index contributed by atoms with van der Waals surface area (Å²) in [4.78, 5) is 12.2. The number of nitrogens with zero attached hydrogens (tertiary/aromatic N) is 4. The maximum absolute atomic E-state index is 12.9. The number of ether oxygens (including phenoxy) is 2. The van der Waals surface area contributed by atoms with Crippen molar-refractivity contribution in [2.75, 3.05) is 12.4 Å². The summed E-state index contributed by atoms with van der Waals surface area (Å²) in [5.41, 5.74) is 0.173. The standard InChI is InChI=1S/C20H15F3N6O2.C2H6/c1-30-19-24-10-9-16(26-19)31-15-7-5-12(6-8-15)17-27-18(29-28-17)25-14-4-2-3-13(11-14)20(21,22)23;1-2/h2-11H,1H3,(H2,25,27,28,29);1-2H3. The fourth-order valence-corrected chi connectivity index (χ4v) is 2.63. The van der Waals surface area contributed by atoms with E-state index in [1.54, 1.807) is 30.3 Å². The van der Waals surface area contributed by atoms with Crippen molar-refractivity contribution < 1.29 is 22.6 Å². The molecule has 0 spiro atoms. The quantitative estimate of drug-likeness (QED) is 0.374. The molecular weight excluding hydrogens is 437 g/mol. The molecule has 0 bridgehead atoms. The van der Waals surface area contributed by atoms with Gasteiger partial charge in [-0.05, 0) is 42.5 Å². The van der Waals surface area contributed by atoms with Gasteiger partial charge in [0.2, 0.25) is 11.8 Å². The Labute approximate surface area is 187 Å². The van der Waals surface area contributed by atoms with E-state index in [2.05, 4.69) is 30.5 Å². The molecule has 2 aromatic carbocycles. The number of aromatic amines is 1. The van der Waals surface area contributed by atoms with Gasteiger partial charge in [-0.3, -0.25) is 5.10 Å². The lowest BCUT2D eigenvalue weighted by Gasteiger charge is -2.08. The second kappa shape index (κ2) is 10.4. The molecule has 0 saturated heterocycles. The summed E-state index contributed by atoms with van der Waals surface area (Å²) in [5.74, 6) is 1.44. The molecule has 2 aromatic heterocycles. The second-order valence-electron chi connectivity index (χ2n) is 6.22. The van der Waals surface area contributed by atoms with Crippen LogP contribution in [0.5, 0.6) is 17.6 Å². The average Bonchev–Trinajstić information content (AvgIpc) is 3.29. The minimum Gasteiger partial charge on any atom is -0.467 e. The van der Waals surface area contributed by atoms with Crippen LogP contribution >= 0.6 is 0 Å². The van der Waals surface area contributed by atoms with Crippen molar-refractivity contribution in [3.63, 3.8) is 0 Å². The monoisotopic (exact) mass is 458 g/mol. The van der Waals surface area contributed by atoms with E-state index in [1.807, 2.05) is 13.8 Å². The molecule has 0 unspecified atom stereocenters. The predicted octanol–water partition coefficient (Wildman–Crippen LogP) is 5.85. The zero-order valence-electron chi connectivity index (χ0n) is 18.0. The van der Waals surface area contributed by atoms with Gasteiger partial charge in [0.15, 0.2) is 5.82 Å². The molecule has 0 atom stereocenters. The highest BCUT2D eigenvalue weighted by molar-refractivity contribution is 5.60. The maximum Gasteiger partial charge on any atom is 0.416 e. The largest absolute Gasteiger partial charge is 0.467 e. The fourth-order valence-electron chi connectivity index (χ4n) is 2.63. The number of H-pyrrole nitrogens is 1. The minimum atomic E-state index is -4.43. The van der Waals surface area contributed by atoms with Crippen LogP contribution in [0.25, 0.3) is 11.4 Å². The molecule has 0 aliphatic rings. The van der Waals surface area contributed by atoms with Gasteiger partial charge in [0.25, 0.3) is 0 Å². The van der Waals surface area contributed by atoms with Gasteiger partial charge in [0.1, 0.15) is 5.75 Å². The van der Waals surface area contributed by atoms with Gasteiger partial charge in [0.05, 0.1) is 12.7 Å². The Morgan fingerprint density at radius 1 is 0.970 bits per heavy atom. The van der Waals surface area contributed by atoms with Crippen LogP contribution in [0.15, 0.2) is 60.8 Å². The second-order valence-corrected chi connectivity index (χ2v) is 6.22. The molecule has 0 amide bonds. The topological polar surface area (TPSA) is 97.8 Å². The van der Waals surface area contributed by atoms with Crippen LogP contribution in [0, 0.1) is 0 Å². The highest BCUT2D eigenvalue weighted by Crippen LogP contribution is 2.31. The molecule has 4 aromatic rings. The summed E-state index contributed by atoms with van der Waals surface area (Å²) >= 11 is 0. The molecule has 2 heterocycles. The molecule has 172 valence electrons. The summed E-state index contributed by atoms with van der Waals surface area (Å²) in [6.45, 7) is 4.00. The van der Waals surface area contributed by atoms with E-state index >= 15 is 0 Å². The molecule has 11 heteroatoms. The minimum absolute atomic E-state index is 0.141. The predicted molar refractivity (Wildman–Crippen MR) is 117 cm³/mol. The van der Waals surface area contributed by atoms with Gasteiger partial charge in [0, 0.05) is 23.5 Å². The van der Waals surface area contributed by atoms with Crippen LogP contribution in [-0.2, 0) is 6.18 Å². The van der Waals surface area contributed by atoms with Crippen molar-refractivity contribution in [2.24, 2.45) is 0 Å². The maximum atomic E-state index is 12.9. The number of nitrogens with one attached hydrogen (secondary N) is 2. The molecule has 0 saturated carbocycles. The summed E-state index contributed by atoms with van der Waals surface area (Å²) in [7, 11) is 1.46. The average molecular weight is 458 g/mol. The Kier molecular flexibility index (Phi) is 7.44. The van der Waals surface area contributed by atoms with Crippen LogP contribution in [0.3, 0.4) is 0 Å². The van der Waals surface area contributed by atoms with Crippen molar-refractivity contribution in [1.29, 1.82) is 0 Å². The van der Waals surface area contributed by atoms with Crippen LogP contribution in [0.2, 0.25) is 0 Å². The van der Waals surface area contributed by atoms with Crippen LogP contribution in [-0.4, -0.2) is 32.3 Å². The van der Waals surface area contributed by atoms with E-state index in [9.17, 15) is 13.2 Å². The zero-order chi connectivity index (χ0) is 23.8. The first-order chi connectivity index (χ1) is 15.9. The smallest absolute Gasteiger partial charge is 0.416 e. The van der Waals surface area contributed by atoms with Crippen molar-refractivity contribution in [3.05, 3.63) is 66.4 Å². The first-order valence-electron chi connectivity index (χ1n) is 9.93. The van der Waals surface area contributed by atoms with Gasteiger partial charge in [-0.2, -0.15) is 23.1 Å². The molecule has 0 radical (unpaired) electrons. The van der Waals surface area contributed by atoms with Gasteiger partial charge in [-0.25, -0.2) is 4.98 Å². The lowest BCUT2D eigenvalue weighted by atomic mass is 10.2. The third-order valence-corrected chi connectivity index (χ3v) is 4.07. The van der Waals surface area contributed by atoms with Crippen molar-refractivity contribution in [3.8, 4) is 29.0 Å². The summed E-state index contributed by atoms with van der Waals surface area (Å²) in [6, 6.07) is 13.5. The van der Waals surface area contributed by atoms with Crippen LogP contribution in [0.4, 0.5) is 24.8 Å². The normalized spacial score (nSPS) is 10.7. The van der Waals surface area contributed by atoms with Crippen LogP contribution in [0.1, 0.15) is 19.4 Å². The number of anilines is 2. The zero-order valence-corrected chi connectivity index (χ0v) is 18.0. The van der Waals surface area contributed by atoms with E-state index in [1.165, 1.54) is 25.4 Å². The molecule has 0 aliphatic carbocycles. The van der Waals surface area contributed by atoms with E-state index in [-0.39, 0.29) is 17.6 Å². The number of halogens is 3. The summed E-state index contributed by atoms with van der Waals surface area (Å²) in [5, 5.41) is 9.50. The summed E-state index contributed by atoms with van der Waals surface area (Å²) in [6.07, 6.45) is -2.91. The third kappa shape index (κ3) is 6.19. The van der Waals surface area contributed by atoms with E-state index < -0.39 is 11.7 Å². The van der Waals surface area contributed by atoms with Gasteiger partial charge < -0.3 is 14.8 Å². The van der Waals surface area contributed by atoms with Crippen molar-refractivity contribution in [2.45, 2.75) is 20.0 Å². The molecule has 0 fully saturated rings. The Balaban J connectivity index is 0.00000149. The Morgan fingerprint density at radius 3 is 2.42 bits per heavy atom. The number of aromatic nitrogens is 5. The summed E-state index contributed by atoms with van der Waals surface area (Å²) < 4.78 is 49.2. The molecule has 2 N–H and O–H groups in total. The Hall–Kier alpha value is -4.15. The first kappa shape index (κ1) is 23.5. The highest BCUT2D eigenvalue weighted by atomic mass is 19.4. The highest BCUT2D eigenvalue weighted by Gasteiger charge is 2.30. The molecule has 4 rings (SSSR count). The van der Waals surface area contributed by atoms with Crippen LogP contribution < -0.4 is 14.8 Å². The van der Waals surface area contributed by atoms with E-state index in [0.717, 1.165) is 12.1 Å². The van der Waals surface area contributed by atoms with Gasteiger partial charge in [-0.1, -0.05) is 19.9 Å². The molecule has 8 nitrogen and oxygen atoms in total. The number of alkyl halides is 3. The lowest BCUT2D eigenvalue weighted by molar-refractivity contribution is -0.137. The van der Waals surface area contributed by atoms with E-state index in [4.69, 9.17) is 9.47 Å².